The molecule has 1 atom stereocenters. The zero-order valence-corrected chi connectivity index (χ0v) is 13.8. The van der Waals surface area contributed by atoms with Gasteiger partial charge in [-0.3, -0.25) is 28.8 Å². The fourth-order valence-electron chi connectivity index (χ4n) is 3.48. The Bertz CT molecular complexity index is 953. The maximum absolute atomic E-state index is 12.9. The first kappa shape index (κ1) is 15.6. The van der Waals surface area contributed by atoms with Crippen LogP contribution in [0.2, 0.25) is 0 Å². The lowest BCUT2D eigenvalue weighted by molar-refractivity contribution is -0.140. The fourth-order valence-corrected chi connectivity index (χ4v) is 3.48. The number of carbonyl (C=O) groups excluding carboxylic acids is 3. The smallest absolute Gasteiger partial charge is 0.326 e. The minimum Gasteiger partial charge on any atom is -0.326 e. The molecular weight excluding hydrogens is 324 g/mol. The van der Waals surface area contributed by atoms with Gasteiger partial charge in [-0.1, -0.05) is 12.1 Å². The van der Waals surface area contributed by atoms with Crippen molar-refractivity contribution in [3.8, 4) is 0 Å². The topological polar surface area (TPSA) is 93.4 Å². The van der Waals surface area contributed by atoms with Gasteiger partial charge in [0.25, 0.3) is 0 Å². The van der Waals surface area contributed by atoms with E-state index in [-0.39, 0.29) is 36.5 Å². The first-order valence-corrected chi connectivity index (χ1v) is 8.26. The standard InChI is InChI=1S/C17H18N4O4/c1-19-11-4-2-3-5-12(11)20(17(19)25)9-15(23)21(10-6-7-10)13-8-14(22)18-16(13)24/h2-5,10,13H,6-9H2,1H3,(H,18,22,24). The molecule has 2 heterocycles. The summed E-state index contributed by atoms with van der Waals surface area (Å²) in [6.45, 7) is -0.144. The van der Waals surface area contributed by atoms with Gasteiger partial charge < -0.3 is 4.90 Å². The molecule has 1 aliphatic heterocycles. The van der Waals surface area contributed by atoms with Gasteiger partial charge in [0.1, 0.15) is 12.6 Å². The van der Waals surface area contributed by atoms with Gasteiger partial charge in [0.15, 0.2) is 0 Å². The van der Waals surface area contributed by atoms with Crippen molar-refractivity contribution in [2.45, 2.75) is 37.9 Å². The molecule has 2 aromatic rings. The van der Waals surface area contributed by atoms with Crippen molar-refractivity contribution in [2.75, 3.05) is 0 Å². The maximum atomic E-state index is 12.9. The highest BCUT2D eigenvalue weighted by molar-refractivity contribution is 6.07. The molecule has 2 fully saturated rings. The van der Waals surface area contributed by atoms with Crippen molar-refractivity contribution in [3.05, 3.63) is 34.7 Å². The van der Waals surface area contributed by atoms with Gasteiger partial charge >= 0.3 is 5.69 Å². The van der Waals surface area contributed by atoms with E-state index < -0.39 is 11.9 Å². The number of imidazole rings is 1. The van der Waals surface area contributed by atoms with E-state index in [1.54, 1.807) is 13.1 Å². The third kappa shape index (κ3) is 2.54. The van der Waals surface area contributed by atoms with Crippen LogP contribution in [0, 0.1) is 0 Å². The average Bonchev–Trinajstić information content (AvgIpc) is 3.32. The molecule has 3 amide bonds. The Balaban J connectivity index is 1.67. The molecule has 1 aromatic heterocycles. The summed E-state index contributed by atoms with van der Waals surface area (Å²) < 4.78 is 2.91. The molecule has 8 nitrogen and oxygen atoms in total. The summed E-state index contributed by atoms with van der Waals surface area (Å²) in [5.74, 6) is -1.11. The van der Waals surface area contributed by atoms with Crippen LogP contribution in [0.15, 0.2) is 29.1 Å². The summed E-state index contributed by atoms with van der Waals surface area (Å²) >= 11 is 0. The van der Waals surface area contributed by atoms with Crippen molar-refractivity contribution in [1.29, 1.82) is 0 Å². The molecule has 1 saturated heterocycles. The highest BCUT2D eigenvalue weighted by Gasteiger charge is 2.44. The van der Waals surface area contributed by atoms with Gasteiger partial charge in [-0.05, 0) is 25.0 Å². The molecule has 8 heteroatoms. The summed E-state index contributed by atoms with van der Waals surface area (Å²) in [6, 6.07) is 6.46. The van der Waals surface area contributed by atoms with Gasteiger partial charge in [0.2, 0.25) is 17.7 Å². The predicted molar refractivity (Wildman–Crippen MR) is 88.6 cm³/mol. The third-order valence-electron chi connectivity index (χ3n) is 4.85. The van der Waals surface area contributed by atoms with E-state index >= 15 is 0 Å². The number of hydrogen-bond donors (Lipinski definition) is 1. The second-order valence-corrected chi connectivity index (χ2v) is 6.58. The highest BCUT2D eigenvalue weighted by Crippen LogP contribution is 2.31. The molecule has 0 bridgehead atoms. The van der Waals surface area contributed by atoms with Crippen molar-refractivity contribution in [3.63, 3.8) is 0 Å². The zero-order chi connectivity index (χ0) is 17.7. The molecule has 1 aliphatic carbocycles. The largest absolute Gasteiger partial charge is 0.329 e. The predicted octanol–water partition coefficient (Wildman–Crippen LogP) is -0.254. The third-order valence-corrected chi connectivity index (χ3v) is 4.85. The monoisotopic (exact) mass is 342 g/mol. The second-order valence-electron chi connectivity index (χ2n) is 6.58. The molecule has 4 rings (SSSR count). The summed E-state index contributed by atoms with van der Waals surface area (Å²) in [4.78, 5) is 50.4. The fraction of sp³-hybridized carbons (Fsp3) is 0.412. The van der Waals surface area contributed by atoms with Gasteiger partial charge in [-0.15, -0.1) is 0 Å². The number of rotatable bonds is 4. The maximum Gasteiger partial charge on any atom is 0.329 e. The molecular formula is C17H18N4O4. The molecule has 1 N–H and O–H groups in total. The Labute approximate surface area is 143 Å². The van der Waals surface area contributed by atoms with Crippen molar-refractivity contribution < 1.29 is 14.4 Å². The molecule has 0 spiro atoms. The number of amides is 3. The van der Waals surface area contributed by atoms with Crippen LogP contribution < -0.4 is 11.0 Å². The average molecular weight is 342 g/mol. The SMILES string of the molecule is Cn1c(=O)n(CC(=O)N(C2CC2)C2CC(=O)NC2=O)c2ccccc21. The van der Waals surface area contributed by atoms with Crippen molar-refractivity contribution in [1.82, 2.24) is 19.4 Å². The van der Waals surface area contributed by atoms with Crippen molar-refractivity contribution >= 4 is 28.8 Å². The number of hydrogen-bond acceptors (Lipinski definition) is 4. The number of aromatic nitrogens is 2. The Kier molecular flexibility index (Phi) is 3.48. The molecule has 1 unspecified atom stereocenters. The van der Waals surface area contributed by atoms with E-state index in [2.05, 4.69) is 5.32 Å². The number of benzene rings is 1. The van der Waals surface area contributed by atoms with Gasteiger partial charge in [-0.2, -0.15) is 0 Å². The van der Waals surface area contributed by atoms with E-state index in [0.717, 1.165) is 18.4 Å². The lowest BCUT2D eigenvalue weighted by Gasteiger charge is -2.26. The normalized spacial score (nSPS) is 20.1. The Morgan fingerprint density at radius 1 is 1.20 bits per heavy atom. The lowest BCUT2D eigenvalue weighted by atomic mass is 10.2. The van der Waals surface area contributed by atoms with Gasteiger partial charge in [0.05, 0.1) is 17.5 Å². The van der Waals surface area contributed by atoms with Crippen LogP contribution in [0.5, 0.6) is 0 Å². The molecule has 25 heavy (non-hydrogen) atoms. The van der Waals surface area contributed by atoms with Crippen LogP contribution in [-0.4, -0.2) is 43.8 Å². The number of fused-ring (bicyclic) bond motifs is 1. The van der Waals surface area contributed by atoms with E-state index in [4.69, 9.17) is 0 Å². The molecule has 130 valence electrons. The van der Waals surface area contributed by atoms with E-state index in [9.17, 15) is 19.2 Å². The molecule has 1 saturated carbocycles. The van der Waals surface area contributed by atoms with E-state index in [0.29, 0.717) is 5.52 Å². The quantitative estimate of drug-likeness (QED) is 0.775. The number of para-hydroxylation sites is 2. The van der Waals surface area contributed by atoms with Crippen molar-refractivity contribution in [2.24, 2.45) is 7.05 Å². The lowest BCUT2D eigenvalue weighted by Crippen LogP contribution is -2.47. The number of nitrogens with one attached hydrogen (secondary N) is 1. The van der Waals surface area contributed by atoms with E-state index in [1.165, 1.54) is 14.0 Å². The first-order valence-electron chi connectivity index (χ1n) is 8.26. The summed E-state index contributed by atoms with van der Waals surface area (Å²) in [5, 5.41) is 2.25. The minimum absolute atomic E-state index is 0.00842. The van der Waals surface area contributed by atoms with Crippen LogP contribution in [0.4, 0.5) is 0 Å². The summed E-state index contributed by atoms with van der Waals surface area (Å²) in [6.07, 6.45) is 1.62. The molecule has 1 aromatic carbocycles. The number of imide groups is 1. The summed E-state index contributed by atoms with van der Waals surface area (Å²) in [7, 11) is 1.66. The minimum atomic E-state index is -0.766. The van der Waals surface area contributed by atoms with Gasteiger partial charge in [0, 0.05) is 13.1 Å². The van der Waals surface area contributed by atoms with Crippen LogP contribution in [0.1, 0.15) is 19.3 Å². The molecule has 2 aliphatic rings. The van der Waals surface area contributed by atoms with E-state index in [1.807, 2.05) is 18.2 Å². The number of aryl methyl sites for hydroxylation is 1. The summed E-state index contributed by atoms with van der Waals surface area (Å²) in [5.41, 5.74) is 1.13. The zero-order valence-electron chi connectivity index (χ0n) is 13.8. The van der Waals surface area contributed by atoms with Crippen LogP contribution >= 0.6 is 0 Å². The first-order chi connectivity index (χ1) is 12.0. The Morgan fingerprint density at radius 3 is 2.48 bits per heavy atom. The van der Waals surface area contributed by atoms with Gasteiger partial charge in [-0.25, -0.2) is 4.79 Å². The highest BCUT2D eigenvalue weighted by atomic mass is 16.2. The Hall–Kier alpha value is -2.90. The Morgan fingerprint density at radius 2 is 1.88 bits per heavy atom. The number of nitrogens with zero attached hydrogens (tertiary/aromatic N) is 3. The van der Waals surface area contributed by atoms with Crippen LogP contribution in [0.25, 0.3) is 11.0 Å². The van der Waals surface area contributed by atoms with Crippen LogP contribution in [0.3, 0.4) is 0 Å². The number of carbonyl (C=O) groups is 3. The second kappa shape index (κ2) is 5.58. The molecule has 0 radical (unpaired) electrons. The van der Waals surface area contributed by atoms with Crippen LogP contribution in [-0.2, 0) is 28.0 Å².